The molecular formula is C21H18N4O2. The van der Waals surface area contributed by atoms with E-state index >= 15 is 0 Å². The van der Waals surface area contributed by atoms with Gasteiger partial charge in [-0.1, -0.05) is 11.2 Å². The number of amides is 1. The zero-order chi connectivity index (χ0) is 18.4. The van der Waals surface area contributed by atoms with Gasteiger partial charge in [0.2, 0.25) is 0 Å². The monoisotopic (exact) mass is 358 g/mol. The van der Waals surface area contributed by atoms with Crippen molar-refractivity contribution in [2.75, 3.05) is 5.32 Å². The molecule has 2 aromatic carbocycles. The van der Waals surface area contributed by atoms with Crippen LogP contribution in [0.4, 0.5) is 5.69 Å². The number of H-pyrrole nitrogens is 1. The van der Waals surface area contributed by atoms with Gasteiger partial charge in [0, 0.05) is 23.2 Å². The van der Waals surface area contributed by atoms with Crippen LogP contribution in [0.5, 0.6) is 0 Å². The van der Waals surface area contributed by atoms with Crippen molar-refractivity contribution in [3.63, 3.8) is 0 Å². The maximum atomic E-state index is 12.3. The summed E-state index contributed by atoms with van der Waals surface area (Å²) >= 11 is 0. The van der Waals surface area contributed by atoms with Crippen molar-refractivity contribution in [1.82, 2.24) is 15.1 Å². The molecule has 0 unspecified atom stereocenters. The van der Waals surface area contributed by atoms with Gasteiger partial charge in [-0.05, 0) is 61.7 Å². The molecule has 27 heavy (non-hydrogen) atoms. The van der Waals surface area contributed by atoms with E-state index in [0.29, 0.717) is 17.3 Å². The summed E-state index contributed by atoms with van der Waals surface area (Å²) in [4.78, 5) is 20.3. The predicted octanol–water partition coefficient (Wildman–Crippen LogP) is 4.66. The topological polar surface area (TPSA) is 83.8 Å². The van der Waals surface area contributed by atoms with Gasteiger partial charge in [-0.25, -0.2) is 4.98 Å². The number of anilines is 1. The van der Waals surface area contributed by atoms with Crippen LogP contribution < -0.4 is 5.32 Å². The minimum Gasteiger partial charge on any atom is -0.360 e. The highest BCUT2D eigenvalue weighted by molar-refractivity contribution is 6.02. The van der Waals surface area contributed by atoms with E-state index in [4.69, 9.17) is 4.52 Å². The van der Waals surface area contributed by atoms with Gasteiger partial charge in [-0.2, -0.15) is 0 Å². The van der Waals surface area contributed by atoms with Crippen LogP contribution in [0.1, 0.15) is 40.6 Å². The number of benzene rings is 2. The molecule has 0 aliphatic heterocycles. The van der Waals surface area contributed by atoms with E-state index < -0.39 is 0 Å². The second kappa shape index (κ2) is 6.09. The highest BCUT2D eigenvalue weighted by Crippen LogP contribution is 2.40. The molecule has 1 fully saturated rings. The van der Waals surface area contributed by atoms with Gasteiger partial charge in [0.05, 0.1) is 11.0 Å². The molecule has 2 N–H and O–H groups in total. The molecule has 1 aliphatic rings. The van der Waals surface area contributed by atoms with Crippen molar-refractivity contribution in [2.24, 2.45) is 0 Å². The van der Waals surface area contributed by atoms with E-state index in [9.17, 15) is 4.79 Å². The van der Waals surface area contributed by atoms with Crippen molar-refractivity contribution >= 4 is 22.6 Å². The summed E-state index contributed by atoms with van der Waals surface area (Å²) in [5.41, 5.74) is 5.11. The standard InChI is InChI=1S/C21H18N4O2/c1-12-2-9-16-17(10-12)24-20(23-16)14-5-7-15(8-6-14)22-21(26)18-11-19(27-25-18)13-3-4-13/h2,5-11,13H,3-4H2,1H3,(H,22,26)(H,23,24). The Hall–Kier alpha value is -3.41. The third-order valence-corrected chi connectivity index (χ3v) is 4.79. The Kier molecular flexibility index (Phi) is 3.57. The lowest BCUT2D eigenvalue weighted by Gasteiger charge is -2.03. The van der Waals surface area contributed by atoms with Crippen LogP contribution in [-0.4, -0.2) is 21.0 Å². The molecule has 6 heteroatoms. The number of aromatic nitrogens is 3. The van der Waals surface area contributed by atoms with Gasteiger partial charge in [0.25, 0.3) is 5.91 Å². The lowest BCUT2D eigenvalue weighted by atomic mass is 10.2. The largest absolute Gasteiger partial charge is 0.360 e. The quantitative estimate of drug-likeness (QED) is 0.556. The molecule has 0 radical (unpaired) electrons. The minimum absolute atomic E-state index is 0.266. The van der Waals surface area contributed by atoms with E-state index in [-0.39, 0.29) is 5.91 Å². The lowest BCUT2D eigenvalue weighted by molar-refractivity contribution is 0.101. The van der Waals surface area contributed by atoms with Crippen LogP contribution in [0.3, 0.4) is 0 Å². The van der Waals surface area contributed by atoms with Gasteiger partial charge in [0.15, 0.2) is 5.69 Å². The summed E-state index contributed by atoms with van der Waals surface area (Å²) in [6, 6.07) is 15.4. The maximum Gasteiger partial charge on any atom is 0.277 e. The summed E-state index contributed by atoms with van der Waals surface area (Å²) in [6.45, 7) is 2.06. The number of fused-ring (bicyclic) bond motifs is 1. The third-order valence-electron chi connectivity index (χ3n) is 4.79. The fourth-order valence-corrected chi connectivity index (χ4v) is 3.12. The first kappa shape index (κ1) is 15.8. The molecule has 1 amide bonds. The molecule has 2 aromatic heterocycles. The average Bonchev–Trinajstić information content (AvgIpc) is 3.24. The number of hydrogen-bond acceptors (Lipinski definition) is 4. The Bertz CT molecular complexity index is 1140. The molecule has 0 spiro atoms. The zero-order valence-electron chi connectivity index (χ0n) is 14.8. The summed E-state index contributed by atoms with van der Waals surface area (Å²) in [5, 5.41) is 6.72. The molecule has 2 heterocycles. The van der Waals surface area contributed by atoms with Crippen LogP contribution in [-0.2, 0) is 0 Å². The van der Waals surface area contributed by atoms with Crippen LogP contribution >= 0.6 is 0 Å². The fraction of sp³-hybridized carbons (Fsp3) is 0.190. The molecule has 134 valence electrons. The number of carbonyl (C=O) groups excluding carboxylic acids is 1. The number of aryl methyl sites for hydroxylation is 1. The van der Waals surface area contributed by atoms with Crippen molar-refractivity contribution in [3.8, 4) is 11.4 Å². The summed E-state index contributed by atoms with van der Waals surface area (Å²) in [6.07, 6.45) is 2.22. The molecule has 0 bridgehead atoms. The minimum atomic E-state index is -0.266. The molecule has 6 nitrogen and oxygen atoms in total. The van der Waals surface area contributed by atoms with Gasteiger partial charge < -0.3 is 14.8 Å². The van der Waals surface area contributed by atoms with E-state index in [1.54, 1.807) is 6.07 Å². The van der Waals surface area contributed by atoms with Crippen LogP contribution in [0, 0.1) is 6.92 Å². The van der Waals surface area contributed by atoms with Gasteiger partial charge >= 0.3 is 0 Å². The van der Waals surface area contributed by atoms with Crippen molar-refractivity contribution in [2.45, 2.75) is 25.7 Å². The molecule has 1 saturated carbocycles. The fourth-order valence-electron chi connectivity index (χ4n) is 3.12. The Morgan fingerprint density at radius 3 is 2.74 bits per heavy atom. The highest BCUT2D eigenvalue weighted by Gasteiger charge is 2.28. The second-order valence-corrected chi connectivity index (χ2v) is 7.03. The van der Waals surface area contributed by atoms with Gasteiger partial charge in [0.1, 0.15) is 11.6 Å². The maximum absolute atomic E-state index is 12.3. The summed E-state index contributed by atoms with van der Waals surface area (Å²) < 4.78 is 5.24. The summed E-state index contributed by atoms with van der Waals surface area (Å²) in [5.74, 6) is 1.78. The first-order chi connectivity index (χ1) is 13.2. The molecule has 0 atom stereocenters. The van der Waals surface area contributed by atoms with Crippen molar-refractivity contribution in [3.05, 3.63) is 65.5 Å². The Labute approximate surface area is 155 Å². The number of nitrogens with one attached hydrogen (secondary N) is 2. The van der Waals surface area contributed by atoms with Gasteiger partial charge in [-0.15, -0.1) is 0 Å². The number of imidazole rings is 1. The first-order valence-corrected chi connectivity index (χ1v) is 9.00. The number of nitrogens with zero attached hydrogens (tertiary/aromatic N) is 2. The highest BCUT2D eigenvalue weighted by atomic mass is 16.5. The van der Waals surface area contributed by atoms with Crippen molar-refractivity contribution in [1.29, 1.82) is 0 Å². The summed E-state index contributed by atoms with van der Waals surface area (Å²) in [7, 11) is 0. The second-order valence-electron chi connectivity index (χ2n) is 7.03. The molecule has 1 aliphatic carbocycles. The molecular weight excluding hydrogens is 340 g/mol. The van der Waals surface area contributed by atoms with Gasteiger partial charge in [-0.3, -0.25) is 4.79 Å². The normalized spacial score (nSPS) is 13.8. The SMILES string of the molecule is Cc1ccc2nc(-c3ccc(NC(=O)c4cc(C5CC5)on4)cc3)[nH]c2c1. The third kappa shape index (κ3) is 3.10. The van der Waals surface area contributed by atoms with Crippen LogP contribution in [0.15, 0.2) is 53.1 Å². The molecule has 4 aromatic rings. The first-order valence-electron chi connectivity index (χ1n) is 9.00. The van der Waals surface area contributed by atoms with E-state index in [2.05, 4.69) is 33.4 Å². The number of carbonyl (C=O) groups is 1. The molecule has 5 rings (SSSR count). The predicted molar refractivity (Wildman–Crippen MR) is 103 cm³/mol. The lowest BCUT2D eigenvalue weighted by Crippen LogP contribution is -2.12. The number of aromatic amines is 1. The zero-order valence-corrected chi connectivity index (χ0v) is 14.8. The molecule has 0 saturated heterocycles. The Morgan fingerprint density at radius 2 is 1.96 bits per heavy atom. The van der Waals surface area contributed by atoms with Crippen LogP contribution in [0.2, 0.25) is 0 Å². The van der Waals surface area contributed by atoms with E-state index in [0.717, 1.165) is 41.0 Å². The number of hydrogen-bond donors (Lipinski definition) is 2. The number of rotatable bonds is 4. The van der Waals surface area contributed by atoms with Crippen molar-refractivity contribution < 1.29 is 9.32 Å². The van der Waals surface area contributed by atoms with E-state index in [1.807, 2.05) is 36.4 Å². The Balaban J connectivity index is 1.33. The van der Waals surface area contributed by atoms with E-state index in [1.165, 1.54) is 5.56 Å². The smallest absolute Gasteiger partial charge is 0.277 e. The average molecular weight is 358 g/mol. The Morgan fingerprint density at radius 1 is 1.15 bits per heavy atom. The van der Waals surface area contributed by atoms with Crippen LogP contribution in [0.25, 0.3) is 22.4 Å².